The Morgan fingerprint density at radius 1 is 1.40 bits per heavy atom. The Labute approximate surface area is 149 Å². The van der Waals surface area contributed by atoms with Crippen LogP contribution in [0.3, 0.4) is 0 Å². The summed E-state index contributed by atoms with van der Waals surface area (Å²) in [7, 11) is 0. The molecule has 136 valence electrons. The van der Waals surface area contributed by atoms with Gasteiger partial charge in [-0.05, 0) is 37.1 Å². The number of carbonyl (C=O) groups is 1. The molecule has 0 spiro atoms. The van der Waals surface area contributed by atoms with Gasteiger partial charge < -0.3 is 10.1 Å². The monoisotopic (exact) mass is 373 g/mol. The van der Waals surface area contributed by atoms with Gasteiger partial charge in [-0.2, -0.15) is 13.2 Å². The maximum Gasteiger partial charge on any atom is 0.429 e. The zero-order valence-corrected chi connectivity index (χ0v) is 14.7. The number of hydrogen-bond donors (Lipinski definition) is 1. The fraction of sp³-hybridized carbons (Fsp3) is 0.389. The molecule has 7 heteroatoms. The SMILES string of the molecule is C=C(CCC)NCc1cc2c(cc1Cl)C=C(C(C)=O)C(C(F)(F)F)O2. The lowest BCUT2D eigenvalue weighted by Gasteiger charge is -2.28. The number of halogens is 4. The van der Waals surface area contributed by atoms with Gasteiger partial charge in [0.2, 0.25) is 6.10 Å². The van der Waals surface area contributed by atoms with Crippen molar-refractivity contribution in [1.29, 1.82) is 0 Å². The molecule has 1 aromatic rings. The quantitative estimate of drug-likeness (QED) is 0.759. The molecule has 1 aromatic carbocycles. The van der Waals surface area contributed by atoms with Crippen molar-refractivity contribution in [2.45, 2.75) is 45.5 Å². The molecule has 0 saturated carbocycles. The van der Waals surface area contributed by atoms with E-state index in [0.717, 1.165) is 25.5 Å². The van der Waals surface area contributed by atoms with Crippen LogP contribution in [0.1, 0.15) is 37.8 Å². The van der Waals surface area contributed by atoms with Gasteiger partial charge in [0.15, 0.2) is 5.78 Å². The number of ether oxygens (including phenoxy) is 1. The van der Waals surface area contributed by atoms with Gasteiger partial charge in [0.05, 0.1) is 0 Å². The topological polar surface area (TPSA) is 38.3 Å². The van der Waals surface area contributed by atoms with Crippen molar-refractivity contribution >= 4 is 23.5 Å². The Bertz CT molecular complexity index is 726. The van der Waals surface area contributed by atoms with Crippen LogP contribution < -0.4 is 10.1 Å². The second kappa shape index (κ2) is 7.52. The number of ketones is 1. The summed E-state index contributed by atoms with van der Waals surface area (Å²) in [4.78, 5) is 11.6. The molecule has 1 aliphatic heterocycles. The van der Waals surface area contributed by atoms with Gasteiger partial charge in [-0.1, -0.05) is 31.5 Å². The largest absolute Gasteiger partial charge is 0.475 e. The van der Waals surface area contributed by atoms with Crippen molar-refractivity contribution in [3.05, 3.63) is 46.1 Å². The van der Waals surface area contributed by atoms with E-state index in [4.69, 9.17) is 16.3 Å². The van der Waals surface area contributed by atoms with E-state index in [1.54, 1.807) is 0 Å². The zero-order chi connectivity index (χ0) is 18.8. The average Bonchev–Trinajstić information content (AvgIpc) is 2.51. The predicted octanol–water partition coefficient (Wildman–Crippen LogP) is 5.04. The van der Waals surface area contributed by atoms with Crippen molar-refractivity contribution in [2.24, 2.45) is 0 Å². The molecule has 1 N–H and O–H groups in total. The molecule has 0 radical (unpaired) electrons. The molecule has 25 heavy (non-hydrogen) atoms. The third kappa shape index (κ3) is 4.57. The first-order valence-electron chi connectivity index (χ1n) is 7.83. The Hall–Kier alpha value is -1.95. The zero-order valence-electron chi connectivity index (χ0n) is 14.0. The van der Waals surface area contributed by atoms with Gasteiger partial charge in [0.25, 0.3) is 0 Å². The van der Waals surface area contributed by atoms with Gasteiger partial charge in [-0.15, -0.1) is 0 Å². The van der Waals surface area contributed by atoms with E-state index in [1.165, 1.54) is 18.2 Å². The van der Waals surface area contributed by atoms with E-state index in [-0.39, 0.29) is 5.75 Å². The number of hydrogen-bond acceptors (Lipinski definition) is 3. The maximum atomic E-state index is 13.2. The summed E-state index contributed by atoms with van der Waals surface area (Å²) in [6.07, 6.45) is -4.03. The standard InChI is InChI=1S/C18H19ClF3NO2/c1-4-5-10(2)23-9-13-8-16-12(7-15(13)19)6-14(11(3)24)17(25-16)18(20,21)22/h6-8,17,23H,2,4-5,9H2,1,3H3. The van der Waals surface area contributed by atoms with Crippen molar-refractivity contribution < 1.29 is 22.7 Å². The molecule has 1 heterocycles. The number of fused-ring (bicyclic) bond motifs is 1. The molecule has 0 fully saturated rings. The van der Waals surface area contributed by atoms with Crippen LogP contribution in [-0.4, -0.2) is 18.1 Å². The highest BCUT2D eigenvalue weighted by Gasteiger charge is 2.47. The Kier molecular flexibility index (Phi) is 5.83. The van der Waals surface area contributed by atoms with Crippen LogP contribution in [-0.2, 0) is 11.3 Å². The summed E-state index contributed by atoms with van der Waals surface area (Å²) in [5, 5.41) is 3.47. The van der Waals surface area contributed by atoms with Gasteiger partial charge in [-0.3, -0.25) is 4.79 Å². The Balaban J connectivity index is 2.33. The Morgan fingerprint density at radius 3 is 2.64 bits per heavy atom. The van der Waals surface area contributed by atoms with Crippen molar-refractivity contribution in [3.63, 3.8) is 0 Å². The molecule has 0 saturated heterocycles. The highest BCUT2D eigenvalue weighted by molar-refractivity contribution is 6.31. The van der Waals surface area contributed by atoms with Gasteiger partial charge in [0.1, 0.15) is 5.75 Å². The summed E-state index contributed by atoms with van der Waals surface area (Å²) in [6, 6.07) is 2.97. The summed E-state index contributed by atoms with van der Waals surface area (Å²) in [5.41, 5.74) is 1.34. The third-order valence-corrected chi connectivity index (χ3v) is 4.15. The number of nitrogens with one attached hydrogen (secondary N) is 1. The fourth-order valence-electron chi connectivity index (χ4n) is 2.53. The maximum absolute atomic E-state index is 13.2. The summed E-state index contributed by atoms with van der Waals surface area (Å²) >= 11 is 6.21. The number of allylic oxidation sites excluding steroid dienone is 1. The second-order valence-electron chi connectivity index (χ2n) is 5.88. The van der Waals surface area contributed by atoms with Gasteiger partial charge in [-0.25, -0.2) is 0 Å². The molecular formula is C18H19ClF3NO2. The van der Waals surface area contributed by atoms with Crippen LogP contribution in [0.15, 0.2) is 30.0 Å². The van der Waals surface area contributed by atoms with E-state index < -0.39 is 23.6 Å². The van der Waals surface area contributed by atoms with Crippen LogP contribution in [0.5, 0.6) is 5.75 Å². The molecule has 1 unspecified atom stereocenters. The van der Waals surface area contributed by atoms with Crippen LogP contribution >= 0.6 is 11.6 Å². The number of benzene rings is 1. The van der Waals surface area contributed by atoms with E-state index in [9.17, 15) is 18.0 Å². The lowest BCUT2D eigenvalue weighted by molar-refractivity contribution is -0.184. The van der Waals surface area contributed by atoms with Crippen LogP contribution in [0.4, 0.5) is 13.2 Å². The number of carbonyl (C=O) groups excluding carboxylic acids is 1. The summed E-state index contributed by atoms with van der Waals surface area (Å²) < 4.78 is 44.7. The molecule has 0 bridgehead atoms. The van der Waals surface area contributed by atoms with E-state index in [0.29, 0.717) is 22.7 Å². The lowest BCUT2D eigenvalue weighted by Crippen LogP contribution is -2.39. The second-order valence-corrected chi connectivity index (χ2v) is 6.29. The lowest BCUT2D eigenvalue weighted by atomic mass is 9.97. The average molecular weight is 374 g/mol. The molecular weight excluding hydrogens is 355 g/mol. The molecule has 3 nitrogen and oxygen atoms in total. The van der Waals surface area contributed by atoms with Crippen LogP contribution in [0, 0.1) is 0 Å². The first kappa shape index (κ1) is 19.4. The van der Waals surface area contributed by atoms with Gasteiger partial charge >= 0.3 is 6.18 Å². The van der Waals surface area contributed by atoms with Crippen molar-refractivity contribution in [1.82, 2.24) is 5.32 Å². The highest BCUT2D eigenvalue weighted by atomic mass is 35.5. The molecule has 0 aromatic heterocycles. The number of alkyl halides is 3. The molecule has 0 aliphatic carbocycles. The molecule has 1 atom stereocenters. The molecule has 0 amide bonds. The Morgan fingerprint density at radius 2 is 2.08 bits per heavy atom. The minimum absolute atomic E-state index is 0.0506. The predicted molar refractivity (Wildman–Crippen MR) is 91.5 cm³/mol. The molecule has 2 rings (SSSR count). The van der Waals surface area contributed by atoms with Crippen LogP contribution in [0.25, 0.3) is 6.08 Å². The highest BCUT2D eigenvalue weighted by Crippen LogP contribution is 2.39. The first-order chi connectivity index (χ1) is 11.6. The van der Waals surface area contributed by atoms with E-state index in [1.807, 2.05) is 6.92 Å². The smallest absolute Gasteiger partial charge is 0.429 e. The van der Waals surface area contributed by atoms with E-state index in [2.05, 4.69) is 11.9 Å². The van der Waals surface area contributed by atoms with E-state index >= 15 is 0 Å². The first-order valence-corrected chi connectivity index (χ1v) is 8.21. The minimum atomic E-state index is -4.68. The molecule has 1 aliphatic rings. The van der Waals surface area contributed by atoms with Crippen LogP contribution in [0.2, 0.25) is 5.02 Å². The summed E-state index contributed by atoms with van der Waals surface area (Å²) in [6.45, 7) is 7.29. The fourth-order valence-corrected chi connectivity index (χ4v) is 2.77. The number of rotatable bonds is 6. The number of Topliss-reactive ketones (excluding diaryl/α,β-unsaturated/α-hetero) is 1. The minimum Gasteiger partial charge on any atom is -0.475 e. The van der Waals surface area contributed by atoms with Gasteiger partial charge in [0, 0.05) is 28.4 Å². The third-order valence-electron chi connectivity index (χ3n) is 3.80. The van der Waals surface area contributed by atoms with Crippen molar-refractivity contribution in [3.8, 4) is 5.75 Å². The normalized spacial score (nSPS) is 16.6. The van der Waals surface area contributed by atoms with Crippen molar-refractivity contribution in [2.75, 3.05) is 0 Å². The summed E-state index contributed by atoms with van der Waals surface area (Å²) in [5.74, 6) is -0.639.